The van der Waals surface area contributed by atoms with E-state index in [4.69, 9.17) is 24.7 Å². The maximum absolute atomic E-state index is 12.0. The van der Waals surface area contributed by atoms with Crippen LogP contribution in [0.25, 0.3) is 0 Å². The predicted octanol–water partition coefficient (Wildman–Crippen LogP) is 3.27. The lowest BCUT2D eigenvalue weighted by Crippen LogP contribution is -2.12. The van der Waals surface area contributed by atoms with Crippen molar-refractivity contribution in [3.05, 3.63) is 48.0 Å². The van der Waals surface area contributed by atoms with Crippen molar-refractivity contribution >= 4 is 11.6 Å². The van der Waals surface area contributed by atoms with E-state index in [0.29, 0.717) is 47.9 Å². The molecule has 7 heteroatoms. The maximum Gasteiger partial charge on any atom is 0.224 e. The van der Waals surface area contributed by atoms with Gasteiger partial charge in [-0.1, -0.05) is 0 Å². The van der Waals surface area contributed by atoms with Crippen molar-refractivity contribution in [1.82, 2.24) is 0 Å². The number of hydrogen-bond donors (Lipinski definition) is 1. The van der Waals surface area contributed by atoms with E-state index in [1.165, 1.54) is 7.11 Å². The van der Waals surface area contributed by atoms with Gasteiger partial charge in [-0.25, -0.2) is 0 Å². The number of amides is 1. The number of nitrogens with one attached hydrogen (secondary N) is 1. The van der Waals surface area contributed by atoms with Gasteiger partial charge in [-0.15, -0.1) is 0 Å². The summed E-state index contributed by atoms with van der Waals surface area (Å²) in [6, 6.07) is 15.6. The van der Waals surface area contributed by atoms with Gasteiger partial charge in [0.05, 0.1) is 25.3 Å². The lowest BCUT2D eigenvalue weighted by molar-refractivity contribution is -0.116. The second-order valence-corrected chi connectivity index (χ2v) is 5.45. The third-order valence-electron chi connectivity index (χ3n) is 3.54. The van der Waals surface area contributed by atoms with E-state index in [1.807, 2.05) is 12.1 Å². The van der Waals surface area contributed by atoms with E-state index < -0.39 is 0 Å². The minimum Gasteiger partial charge on any atom is -0.493 e. The first-order valence-corrected chi connectivity index (χ1v) is 8.27. The van der Waals surface area contributed by atoms with E-state index in [-0.39, 0.29) is 12.5 Å². The molecule has 2 aromatic carbocycles. The lowest BCUT2D eigenvalue weighted by atomic mass is 10.2. The summed E-state index contributed by atoms with van der Waals surface area (Å²) in [5, 5.41) is 20.1. The average molecular weight is 365 g/mol. The Morgan fingerprint density at radius 1 is 1.07 bits per heavy atom. The highest BCUT2D eigenvalue weighted by molar-refractivity contribution is 5.90. The van der Waals surface area contributed by atoms with E-state index in [1.54, 1.807) is 42.5 Å². The zero-order chi connectivity index (χ0) is 19.5. The summed E-state index contributed by atoms with van der Waals surface area (Å²) in [4.78, 5) is 12.0. The molecule has 1 N–H and O–H groups in total. The van der Waals surface area contributed by atoms with Gasteiger partial charge in [0.25, 0.3) is 0 Å². The van der Waals surface area contributed by atoms with Crippen LogP contribution in [0.2, 0.25) is 0 Å². The number of carbonyl (C=O) groups excluding carboxylic acids is 1. The van der Waals surface area contributed by atoms with Gasteiger partial charge in [-0.3, -0.25) is 4.79 Å². The molecule has 0 aromatic heterocycles. The van der Waals surface area contributed by atoms with Crippen LogP contribution in [0.5, 0.6) is 17.2 Å². The molecule has 0 saturated heterocycles. The van der Waals surface area contributed by atoms with E-state index in [9.17, 15) is 4.79 Å². The SMILES string of the molecule is COc1cc(C#N)ccc1OCCCC(=O)Nc1ccc(OCC#N)cc1. The van der Waals surface area contributed by atoms with Crippen molar-refractivity contribution in [2.45, 2.75) is 12.8 Å². The van der Waals surface area contributed by atoms with Gasteiger partial charge in [0, 0.05) is 18.2 Å². The Morgan fingerprint density at radius 2 is 1.85 bits per heavy atom. The average Bonchev–Trinajstić information content (AvgIpc) is 2.70. The zero-order valence-electron chi connectivity index (χ0n) is 14.9. The molecule has 2 rings (SSSR count). The van der Waals surface area contributed by atoms with Crippen molar-refractivity contribution in [2.24, 2.45) is 0 Å². The molecule has 0 radical (unpaired) electrons. The van der Waals surface area contributed by atoms with Gasteiger partial charge in [0.2, 0.25) is 5.91 Å². The van der Waals surface area contributed by atoms with E-state index in [2.05, 4.69) is 5.32 Å². The molecule has 0 fully saturated rings. The maximum atomic E-state index is 12.0. The molecule has 0 aliphatic rings. The van der Waals surface area contributed by atoms with Crippen molar-refractivity contribution in [2.75, 3.05) is 25.6 Å². The predicted molar refractivity (Wildman–Crippen MR) is 98.6 cm³/mol. The summed E-state index contributed by atoms with van der Waals surface area (Å²) in [7, 11) is 1.51. The molecular formula is C20H19N3O4. The van der Waals surface area contributed by atoms with Crippen molar-refractivity contribution in [1.29, 1.82) is 10.5 Å². The molecule has 0 atom stereocenters. The van der Waals surface area contributed by atoms with Crippen LogP contribution in [0.1, 0.15) is 18.4 Å². The van der Waals surface area contributed by atoms with Crippen LogP contribution in [0.15, 0.2) is 42.5 Å². The Kier molecular flexibility index (Phi) is 7.50. The van der Waals surface area contributed by atoms with Gasteiger partial charge >= 0.3 is 0 Å². The van der Waals surface area contributed by atoms with Crippen LogP contribution < -0.4 is 19.5 Å². The molecule has 27 heavy (non-hydrogen) atoms. The molecule has 0 aliphatic carbocycles. The van der Waals surface area contributed by atoms with Crippen molar-refractivity contribution in [3.63, 3.8) is 0 Å². The minimum absolute atomic E-state index is 0.0181. The molecule has 2 aromatic rings. The zero-order valence-corrected chi connectivity index (χ0v) is 14.9. The first-order valence-electron chi connectivity index (χ1n) is 8.27. The molecule has 0 aliphatic heterocycles. The van der Waals surface area contributed by atoms with Gasteiger partial charge in [0.1, 0.15) is 11.8 Å². The van der Waals surface area contributed by atoms with E-state index in [0.717, 1.165) is 0 Å². The number of rotatable bonds is 9. The number of carbonyl (C=O) groups is 1. The highest BCUT2D eigenvalue weighted by Crippen LogP contribution is 2.28. The summed E-state index contributed by atoms with van der Waals surface area (Å²) < 4.78 is 16.0. The van der Waals surface area contributed by atoms with Crippen LogP contribution in [0.3, 0.4) is 0 Å². The monoisotopic (exact) mass is 365 g/mol. The molecule has 7 nitrogen and oxygen atoms in total. The molecule has 0 unspecified atom stereocenters. The Balaban J connectivity index is 1.75. The Labute approximate surface area is 157 Å². The number of anilines is 1. The van der Waals surface area contributed by atoms with Gasteiger partial charge in [-0.05, 0) is 42.8 Å². The van der Waals surface area contributed by atoms with E-state index >= 15 is 0 Å². The molecule has 0 bridgehead atoms. The highest BCUT2D eigenvalue weighted by Gasteiger charge is 2.07. The number of benzene rings is 2. The smallest absolute Gasteiger partial charge is 0.224 e. The first kappa shape index (κ1) is 19.6. The second-order valence-electron chi connectivity index (χ2n) is 5.45. The van der Waals surface area contributed by atoms with Crippen LogP contribution >= 0.6 is 0 Å². The largest absolute Gasteiger partial charge is 0.493 e. The summed E-state index contributed by atoms with van der Waals surface area (Å²) in [5.41, 5.74) is 1.14. The number of methoxy groups -OCH3 is 1. The van der Waals surface area contributed by atoms with Crippen LogP contribution in [0.4, 0.5) is 5.69 Å². The summed E-state index contributed by atoms with van der Waals surface area (Å²) >= 11 is 0. The Bertz CT molecular complexity index is 851. The highest BCUT2D eigenvalue weighted by atomic mass is 16.5. The lowest BCUT2D eigenvalue weighted by Gasteiger charge is -2.11. The normalized spacial score (nSPS) is 9.59. The second kappa shape index (κ2) is 10.3. The Hall–Kier alpha value is -3.71. The third kappa shape index (κ3) is 6.26. The van der Waals surface area contributed by atoms with Gasteiger partial charge in [0.15, 0.2) is 18.1 Å². The molecule has 0 spiro atoms. The first-order chi connectivity index (χ1) is 13.2. The minimum atomic E-state index is -0.129. The molecule has 0 heterocycles. The van der Waals surface area contributed by atoms with Crippen LogP contribution in [-0.4, -0.2) is 26.2 Å². The topological polar surface area (TPSA) is 104 Å². The summed E-state index contributed by atoms with van der Waals surface area (Å²) in [5.74, 6) is 1.46. The number of nitrogens with zero attached hydrogens (tertiary/aromatic N) is 2. The Morgan fingerprint density at radius 3 is 2.52 bits per heavy atom. The number of nitriles is 2. The molecule has 138 valence electrons. The molecular weight excluding hydrogens is 346 g/mol. The van der Waals surface area contributed by atoms with Gasteiger partial charge < -0.3 is 19.5 Å². The quantitative estimate of drug-likeness (QED) is 0.684. The van der Waals surface area contributed by atoms with Crippen molar-refractivity contribution in [3.8, 4) is 29.4 Å². The number of hydrogen-bond acceptors (Lipinski definition) is 6. The van der Waals surface area contributed by atoms with Crippen LogP contribution in [-0.2, 0) is 4.79 Å². The van der Waals surface area contributed by atoms with Crippen molar-refractivity contribution < 1.29 is 19.0 Å². The fraction of sp³-hybridized carbons (Fsp3) is 0.250. The molecule has 0 saturated carbocycles. The fourth-order valence-electron chi connectivity index (χ4n) is 2.24. The molecule has 1 amide bonds. The standard InChI is InChI=1S/C20H19N3O4/c1-25-19-13-15(14-22)4-9-18(19)27-11-2-3-20(24)23-16-5-7-17(8-6-16)26-12-10-21/h4-9,13H,2-3,11-12H2,1H3,(H,23,24). The third-order valence-corrected chi connectivity index (χ3v) is 3.54. The fourth-order valence-corrected chi connectivity index (χ4v) is 2.24. The van der Waals surface area contributed by atoms with Crippen LogP contribution in [0, 0.1) is 22.7 Å². The summed E-state index contributed by atoms with van der Waals surface area (Å²) in [6.45, 7) is 0.326. The van der Waals surface area contributed by atoms with Gasteiger partial charge in [-0.2, -0.15) is 10.5 Å². The number of ether oxygens (including phenoxy) is 3. The summed E-state index contributed by atoms with van der Waals surface area (Å²) in [6.07, 6.45) is 0.823.